The van der Waals surface area contributed by atoms with Crippen molar-refractivity contribution in [2.45, 2.75) is 38.1 Å². The summed E-state index contributed by atoms with van der Waals surface area (Å²) in [6.45, 7) is 2.30. The predicted octanol–water partition coefficient (Wildman–Crippen LogP) is 4.97. The molecule has 0 bridgehead atoms. The van der Waals surface area contributed by atoms with E-state index in [-0.39, 0.29) is 11.4 Å². The summed E-state index contributed by atoms with van der Waals surface area (Å²) < 4.78 is 1.17. The Kier molecular flexibility index (Phi) is 4.36. The average Bonchev–Trinajstić information content (AvgIpc) is 2.94. The Morgan fingerprint density at radius 3 is 2.76 bits per heavy atom. The molecule has 1 aliphatic rings. The highest BCUT2D eigenvalue weighted by Crippen LogP contribution is 2.34. The minimum atomic E-state index is -0.0697. The zero-order chi connectivity index (χ0) is 14.9. The van der Waals surface area contributed by atoms with Crippen molar-refractivity contribution in [3.8, 4) is 0 Å². The third-order valence-electron chi connectivity index (χ3n) is 4.52. The zero-order valence-corrected chi connectivity index (χ0v) is 14.6. The highest BCUT2D eigenvalue weighted by Gasteiger charge is 2.35. The number of carbonyl (C=O) groups is 1. The Labute approximate surface area is 138 Å². The monoisotopic (exact) mass is 365 g/mol. The summed E-state index contributed by atoms with van der Waals surface area (Å²) in [6.07, 6.45) is 4.52. The molecule has 0 aliphatic heterocycles. The molecule has 1 aliphatic carbocycles. The number of benzene rings is 1. The van der Waals surface area contributed by atoms with E-state index < -0.39 is 0 Å². The molecule has 0 spiro atoms. The van der Waals surface area contributed by atoms with Crippen LogP contribution in [-0.2, 0) is 0 Å². The SMILES string of the molecule is CC1CCC(CBr)(NC(=O)c2cc3ccccc3s2)CC1. The second-order valence-corrected chi connectivity index (χ2v) is 7.84. The molecule has 2 aromatic rings. The van der Waals surface area contributed by atoms with Gasteiger partial charge in [0, 0.05) is 10.0 Å². The lowest BCUT2D eigenvalue weighted by atomic mass is 9.78. The van der Waals surface area contributed by atoms with E-state index >= 15 is 0 Å². The van der Waals surface area contributed by atoms with Crippen molar-refractivity contribution in [2.24, 2.45) is 5.92 Å². The van der Waals surface area contributed by atoms with Gasteiger partial charge in [0.25, 0.3) is 5.91 Å². The molecule has 21 heavy (non-hydrogen) atoms. The number of carbonyl (C=O) groups excluding carboxylic acids is 1. The summed E-state index contributed by atoms with van der Waals surface area (Å²) in [5, 5.41) is 5.29. The standard InChI is InChI=1S/C17H20BrNOS/c1-12-6-8-17(11-18,9-7-12)19-16(20)15-10-13-4-2-3-5-14(13)21-15/h2-5,10,12H,6-9,11H2,1H3,(H,19,20). The number of hydrogen-bond acceptors (Lipinski definition) is 2. The minimum Gasteiger partial charge on any atom is -0.345 e. The average molecular weight is 366 g/mol. The molecule has 0 saturated heterocycles. The van der Waals surface area contributed by atoms with Gasteiger partial charge in [-0.25, -0.2) is 0 Å². The third-order valence-corrected chi connectivity index (χ3v) is 6.70. The second-order valence-electron chi connectivity index (χ2n) is 6.20. The summed E-state index contributed by atoms with van der Waals surface area (Å²) in [7, 11) is 0. The summed E-state index contributed by atoms with van der Waals surface area (Å²) >= 11 is 5.19. The smallest absolute Gasteiger partial charge is 0.261 e. The van der Waals surface area contributed by atoms with Crippen LogP contribution in [0.5, 0.6) is 0 Å². The Morgan fingerprint density at radius 1 is 1.38 bits per heavy atom. The van der Waals surface area contributed by atoms with Crippen molar-refractivity contribution in [3.05, 3.63) is 35.2 Å². The summed E-state index contributed by atoms with van der Waals surface area (Å²) in [4.78, 5) is 13.4. The van der Waals surface area contributed by atoms with Gasteiger partial charge in [-0.15, -0.1) is 11.3 Å². The van der Waals surface area contributed by atoms with Crippen LogP contribution >= 0.6 is 27.3 Å². The van der Waals surface area contributed by atoms with Gasteiger partial charge in [-0.05, 0) is 49.1 Å². The molecule has 0 radical (unpaired) electrons. The molecular formula is C17H20BrNOS. The molecule has 0 unspecified atom stereocenters. The number of fused-ring (bicyclic) bond motifs is 1. The van der Waals surface area contributed by atoms with Crippen LogP contribution in [0.15, 0.2) is 30.3 Å². The van der Waals surface area contributed by atoms with E-state index in [0.717, 1.165) is 34.4 Å². The number of alkyl halides is 1. The van der Waals surface area contributed by atoms with Gasteiger partial charge in [0.15, 0.2) is 0 Å². The van der Waals surface area contributed by atoms with E-state index in [1.165, 1.54) is 17.5 Å². The van der Waals surface area contributed by atoms with Crippen molar-refractivity contribution in [1.82, 2.24) is 5.32 Å². The number of thiophene rings is 1. The van der Waals surface area contributed by atoms with Crippen molar-refractivity contribution < 1.29 is 4.79 Å². The fourth-order valence-electron chi connectivity index (χ4n) is 3.00. The minimum absolute atomic E-state index is 0.0697. The molecule has 1 N–H and O–H groups in total. The molecule has 2 nitrogen and oxygen atoms in total. The van der Waals surface area contributed by atoms with Gasteiger partial charge in [0.05, 0.1) is 10.4 Å². The van der Waals surface area contributed by atoms with Gasteiger partial charge in [0.1, 0.15) is 0 Å². The lowest BCUT2D eigenvalue weighted by Gasteiger charge is -2.38. The topological polar surface area (TPSA) is 29.1 Å². The number of halogens is 1. The molecule has 1 fully saturated rings. The molecule has 4 heteroatoms. The first-order valence-electron chi connectivity index (χ1n) is 7.49. The molecule has 1 heterocycles. The van der Waals surface area contributed by atoms with E-state index in [2.05, 4.69) is 40.3 Å². The lowest BCUT2D eigenvalue weighted by Crippen LogP contribution is -2.51. The highest BCUT2D eigenvalue weighted by atomic mass is 79.9. The quantitative estimate of drug-likeness (QED) is 0.763. The molecule has 1 aromatic carbocycles. The van der Waals surface area contributed by atoms with Crippen LogP contribution in [0.4, 0.5) is 0 Å². The van der Waals surface area contributed by atoms with Crippen molar-refractivity contribution in [2.75, 3.05) is 5.33 Å². The van der Waals surface area contributed by atoms with Crippen LogP contribution in [0.3, 0.4) is 0 Å². The predicted molar refractivity (Wildman–Crippen MR) is 93.4 cm³/mol. The van der Waals surface area contributed by atoms with Crippen LogP contribution < -0.4 is 5.32 Å². The van der Waals surface area contributed by atoms with Crippen molar-refractivity contribution >= 4 is 43.3 Å². The van der Waals surface area contributed by atoms with Gasteiger partial charge in [-0.1, -0.05) is 41.1 Å². The lowest BCUT2D eigenvalue weighted by molar-refractivity contribution is 0.0878. The maximum absolute atomic E-state index is 12.6. The Hall–Kier alpha value is -0.870. The first-order chi connectivity index (χ1) is 10.1. The number of hydrogen-bond donors (Lipinski definition) is 1. The van der Waals surface area contributed by atoms with Gasteiger partial charge < -0.3 is 5.32 Å². The van der Waals surface area contributed by atoms with Crippen molar-refractivity contribution in [1.29, 1.82) is 0 Å². The van der Waals surface area contributed by atoms with Crippen LogP contribution in [0.1, 0.15) is 42.3 Å². The molecule has 112 valence electrons. The normalized spacial score (nSPS) is 25.9. The first kappa shape index (κ1) is 15.0. The van der Waals surface area contributed by atoms with Gasteiger partial charge in [-0.2, -0.15) is 0 Å². The third kappa shape index (κ3) is 3.16. The van der Waals surface area contributed by atoms with Gasteiger partial charge >= 0.3 is 0 Å². The van der Waals surface area contributed by atoms with E-state index in [9.17, 15) is 4.79 Å². The maximum Gasteiger partial charge on any atom is 0.261 e. The van der Waals surface area contributed by atoms with E-state index in [1.807, 2.05) is 18.2 Å². The highest BCUT2D eigenvalue weighted by molar-refractivity contribution is 9.09. The fraction of sp³-hybridized carbons (Fsp3) is 0.471. The van der Waals surface area contributed by atoms with Crippen LogP contribution in [0.25, 0.3) is 10.1 Å². The molecule has 0 atom stereocenters. The Morgan fingerprint density at radius 2 is 2.10 bits per heavy atom. The fourth-order valence-corrected chi connectivity index (χ4v) is 4.66. The van der Waals surface area contributed by atoms with Crippen LogP contribution in [0, 0.1) is 5.92 Å². The summed E-state index contributed by atoms with van der Waals surface area (Å²) in [6, 6.07) is 10.2. The molecule has 1 saturated carbocycles. The van der Waals surface area contributed by atoms with E-state index in [4.69, 9.17) is 0 Å². The number of nitrogens with one attached hydrogen (secondary N) is 1. The van der Waals surface area contributed by atoms with E-state index in [0.29, 0.717) is 0 Å². The Balaban J connectivity index is 1.78. The number of rotatable bonds is 3. The molecule has 3 rings (SSSR count). The zero-order valence-electron chi connectivity index (χ0n) is 12.2. The van der Waals surface area contributed by atoms with Gasteiger partial charge in [-0.3, -0.25) is 4.79 Å². The van der Waals surface area contributed by atoms with Crippen molar-refractivity contribution in [3.63, 3.8) is 0 Å². The second kappa shape index (κ2) is 6.09. The number of amides is 1. The maximum atomic E-state index is 12.6. The molecule has 1 aromatic heterocycles. The first-order valence-corrected chi connectivity index (χ1v) is 9.43. The summed E-state index contributed by atoms with van der Waals surface area (Å²) in [5.74, 6) is 0.851. The van der Waals surface area contributed by atoms with Crippen LogP contribution in [-0.4, -0.2) is 16.8 Å². The molecule has 1 amide bonds. The Bertz CT molecular complexity index is 610. The van der Waals surface area contributed by atoms with E-state index in [1.54, 1.807) is 11.3 Å². The van der Waals surface area contributed by atoms with Gasteiger partial charge in [0.2, 0.25) is 0 Å². The molecular weight excluding hydrogens is 346 g/mol. The van der Waals surface area contributed by atoms with Crippen LogP contribution in [0.2, 0.25) is 0 Å². The largest absolute Gasteiger partial charge is 0.345 e. The summed E-state index contributed by atoms with van der Waals surface area (Å²) in [5.41, 5.74) is -0.0697.